The molecule has 2 aromatic rings. The van der Waals surface area contributed by atoms with E-state index in [9.17, 15) is 4.79 Å². The molecule has 0 aliphatic rings. The lowest BCUT2D eigenvalue weighted by Gasteiger charge is -2.12. The number of halogens is 1. The molecular weight excluding hydrogens is 399 g/mol. The number of ether oxygens (including phenoxy) is 1. The number of thiocarbonyl (C=S) groups is 1. The molecular formula is C15H13IN2O2S. The average molecular weight is 412 g/mol. The summed E-state index contributed by atoms with van der Waals surface area (Å²) < 4.78 is 6.21. The highest BCUT2D eigenvalue weighted by Crippen LogP contribution is 2.22. The topological polar surface area (TPSA) is 50.4 Å². The molecule has 6 heteroatoms. The van der Waals surface area contributed by atoms with Gasteiger partial charge in [0.25, 0.3) is 5.91 Å². The molecule has 0 saturated heterocycles. The predicted octanol–water partition coefficient (Wildman–Crippen LogP) is 3.43. The Labute approximate surface area is 142 Å². The monoisotopic (exact) mass is 412 g/mol. The molecule has 0 atom stereocenters. The SMILES string of the molecule is COc1ccccc1NC(=S)NC(=O)c1cccc(I)c1. The Morgan fingerprint density at radius 3 is 2.67 bits per heavy atom. The number of carbonyl (C=O) groups is 1. The number of nitrogens with one attached hydrogen (secondary N) is 2. The molecule has 21 heavy (non-hydrogen) atoms. The third kappa shape index (κ3) is 4.40. The molecule has 108 valence electrons. The molecule has 0 fully saturated rings. The summed E-state index contributed by atoms with van der Waals surface area (Å²) in [6.07, 6.45) is 0. The Balaban J connectivity index is 2.03. The Bertz CT molecular complexity index is 676. The number of hydrogen-bond acceptors (Lipinski definition) is 3. The first kappa shape index (κ1) is 15.7. The van der Waals surface area contributed by atoms with Crippen LogP contribution in [0, 0.1) is 3.57 Å². The first-order valence-corrected chi connectivity index (χ1v) is 7.60. The summed E-state index contributed by atoms with van der Waals surface area (Å²) in [5, 5.41) is 5.82. The van der Waals surface area contributed by atoms with Crippen LogP contribution in [0.1, 0.15) is 10.4 Å². The van der Waals surface area contributed by atoms with Crippen LogP contribution in [0.4, 0.5) is 5.69 Å². The standard InChI is InChI=1S/C15H13IN2O2S/c1-20-13-8-3-2-7-12(13)17-15(21)18-14(19)10-5-4-6-11(16)9-10/h2-9H,1H3,(H2,17,18,19,21). The van der Waals surface area contributed by atoms with Crippen molar-refractivity contribution in [2.45, 2.75) is 0 Å². The Hall–Kier alpha value is -1.67. The zero-order chi connectivity index (χ0) is 15.2. The van der Waals surface area contributed by atoms with Gasteiger partial charge in [0.15, 0.2) is 5.11 Å². The number of anilines is 1. The van der Waals surface area contributed by atoms with Crippen molar-refractivity contribution in [1.82, 2.24) is 5.32 Å². The normalized spacial score (nSPS) is 9.81. The second-order valence-corrected chi connectivity index (χ2v) is 5.77. The number of rotatable bonds is 3. The summed E-state index contributed by atoms with van der Waals surface area (Å²) in [4.78, 5) is 12.1. The fourth-order valence-corrected chi connectivity index (χ4v) is 2.45. The number of methoxy groups -OCH3 is 1. The fourth-order valence-electron chi connectivity index (χ4n) is 1.71. The summed E-state index contributed by atoms with van der Waals surface area (Å²) >= 11 is 7.31. The molecule has 1 amide bonds. The van der Waals surface area contributed by atoms with Crippen molar-refractivity contribution in [1.29, 1.82) is 0 Å². The van der Waals surface area contributed by atoms with E-state index in [-0.39, 0.29) is 11.0 Å². The minimum absolute atomic E-state index is 0.225. The molecule has 0 aliphatic heterocycles. The van der Waals surface area contributed by atoms with Gasteiger partial charge in [-0.05, 0) is 65.1 Å². The predicted molar refractivity (Wildman–Crippen MR) is 95.8 cm³/mol. The van der Waals surface area contributed by atoms with Gasteiger partial charge in [-0.3, -0.25) is 10.1 Å². The van der Waals surface area contributed by atoms with E-state index in [4.69, 9.17) is 17.0 Å². The number of hydrogen-bond donors (Lipinski definition) is 2. The highest BCUT2D eigenvalue weighted by molar-refractivity contribution is 14.1. The van der Waals surface area contributed by atoms with Gasteiger partial charge in [0.2, 0.25) is 0 Å². The first-order chi connectivity index (χ1) is 10.1. The Morgan fingerprint density at radius 1 is 1.19 bits per heavy atom. The van der Waals surface area contributed by atoms with E-state index < -0.39 is 0 Å². The largest absolute Gasteiger partial charge is 0.495 e. The van der Waals surface area contributed by atoms with Crippen molar-refractivity contribution in [3.05, 3.63) is 57.7 Å². The lowest BCUT2D eigenvalue weighted by molar-refractivity contribution is 0.0977. The van der Waals surface area contributed by atoms with E-state index in [0.717, 1.165) is 3.57 Å². The minimum atomic E-state index is -0.249. The molecule has 0 radical (unpaired) electrons. The van der Waals surface area contributed by atoms with Crippen LogP contribution < -0.4 is 15.4 Å². The van der Waals surface area contributed by atoms with Gasteiger partial charge in [-0.15, -0.1) is 0 Å². The van der Waals surface area contributed by atoms with Crippen molar-refractivity contribution in [3.63, 3.8) is 0 Å². The smallest absolute Gasteiger partial charge is 0.257 e. The quantitative estimate of drug-likeness (QED) is 0.599. The van der Waals surface area contributed by atoms with E-state index in [2.05, 4.69) is 33.2 Å². The van der Waals surface area contributed by atoms with E-state index in [1.807, 2.05) is 36.4 Å². The molecule has 0 heterocycles. The van der Waals surface area contributed by atoms with E-state index in [1.54, 1.807) is 19.2 Å². The van der Waals surface area contributed by atoms with Crippen molar-refractivity contribution < 1.29 is 9.53 Å². The fraction of sp³-hybridized carbons (Fsp3) is 0.0667. The summed E-state index contributed by atoms with van der Waals surface area (Å²) in [5.74, 6) is 0.407. The molecule has 0 aromatic heterocycles. The van der Waals surface area contributed by atoms with Crippen LogP contribution in [0.25, 0.3) is 0 Å². The molecule has 2 N–H and O–H groups in total. The molecule has 2 aromatic carbocycles. The summed E-state index contributed by atoms with van der Waals surface area (Å²) in [7, 11) is 1.58. The molecule has 4 nitrogen and oxygen atoms in total. The molecule has 0 unspecified atom stereocenters. The second-order valence-electron chi connectivity index (χ2n) is 4.12. The van der Waals surface area contributed by atoms with Crippen molar-refractivity contribution in [2.24, 2.45) is 0 Å². The van der Waals surface area contributed by atoms with Gasteiger partial charge < -0.3 is 10.1 Å². The molecule has 0 bridgehead atoms. The maximum atomic E-state index is 12.1. The van der Waals surface area contributed by atoms with Crippen LogP contribution in [-0.4, -0.2) is 18.1 Å². The van der Waals surface area contributed by atoms with Gasteiger partial charge in [-0.25, -0.2) is 0 Å². The van der Waals surface area contributed by atoms with Gasteiger partial charge in [0.1, 0.15) is 5.75 Å². The van der Waals surface area contributed by atoms with Crippen molar-refractivity contribution in [2.75, 3.05) is 12.4 Å². The van der Waals surface area contributed by atoms with Crippen LogP contribution in [-0.2, 0) is 0 Å². The van der Waals surface area contributed by atoms with Crippen LogP contribution in [0.15, 0.2) is 48.5 Å². The molecule has 0 saturated carbocycles. The van der Waals surface area contributed by atoms with E-state index in [1.165, 1.54) is 0 Å². The van der Waals surface area contributed by atoms with Gasteiger partial charge in [0.05, 0.1) is 12.8 Å². The maximum absolute atomic E-state index is 12.1. The van der Waals surface area contributed by atoms with E-state index >= 15 is 0 Å². The molecule has 0 spiro atoms. The maximum Gasteiger partial charge on any atom is 0.257 e. The zero-order valence-electron chi connectivity index (χ0n) is 11.2. The Kier molecular flexibility index (Phi) is 5.51. The molecule has 2 rings (SSSR count). The summed E-state index contributed by atoms with van der Waals surface area (Å²) in [5.41, 5.74) is 1.26. The number of para-hydroxylation sites is 2. The van der Waals surface area contributed by atoms with Gasteiger partial charge in [-0.2, -0.15) is 0 Å². The zero-order valence-corrected chi connectivity index (χ0v) is 14.2. The number of amides is 1. The van der Waals surface area contributed by atoms with Crippen LogP contribution in [0.3, 0.4) is 0 Å². The van der Waals surface area contributed by atoms with Gasteiger partial charge in [0, 0.05) is 9.13 Å². The highest BCUT2D eigenvalue weighted by Gasteiger charge is 2.09. The minimum Gasteiger partial charge on any atom is -0.495 e. The van der Waals surface area contributed by atoms with Crippen LogP contribution in [0.5, 0.6) is 5.75 Å². The lowest BCUT2D eigenvalue weighted by atomic mass is 10.2. The van der Waals surface area contributed by atoms with Gasteiger partial charge >= 0.3 is 0 Å². The van der Waals surface area contributed by atoms with Crippen molar-refractivity contribution in [3.8, 4) is 5.75 Å². The summed E-state index contributed by atoms with van der Waals surface area (Å²) in [6, 6.07) is 14.6. The lowest BCUT2D eigenvalue weighted by Crippen LogP contribution is -2.34. The highest BCUT2D eigenvalue weighted by atomic mass is 127. The van der Waals surface area contributed by atoms with Gasteiger partial charge in [-0.1, -0.05) is 18.2 Å². The summed E-state index contributed by atoms with van der Waals surface area (Å²) in [6.45, 7) is 0. The van der Waals surface area contributed by atoms with Crippen LogP contribution >= 0.6 is 34.8 Å². The van der Waals surface area contributed by atoms with Crippen molar-refractivity contribution >= 4 is 51.5 Å². The number of carbonyl (C=O) groups excluding carboxylic acids is 1. The molecule has 0 aliphatic carbocycles. The average Bonchev–Trinajstić information content (AvgIpc) is 2.47. The third-order valence-electron chi connectivity index (χ3n) is 2.67. The Morgan fingerprint density at radius 2 is 1.95 bits per heavy atom. The first-order valence-electron chi connectivity index (χ1n) is 6.11. The number of benzene rings is 2. The second kappa shape index (κ2) is 7.37. The van der Waals surface area contributed by atoms with Crippen LogP contribution in [0.2, 0.25) is 0 Å². The van der Waals surface area contributed by atoms with E-state index in [0.29, 0.717) is 17.0 Å². The third-order valence-corrected chi connectivity index (χ3v) is 3.54.